The second kappa shape index (κ2) is 12.0. The van der Waals surface area contributed by atoms with Gasteiger partial charge in [-0.15, -0.1) is 0 Å². The second-order valence-electron chi connectivity index (χ2n) is 11.4. The zero-order valence-electron chi connectivity index (χ0n) is 23.2. The Labute approximate surface area is 228 Å². The number of esters is 1. The molecule has 0 bridgehead atoms. The average molecular weight is 540 g/mol. The molecular formula is C30H40FN4O4+. The molecule has 1 aromatic carbocycles. The number of likely N-dealkylation sites (tertiary alicyclic amines) is 1. The minimum atomic E-state index is -0.340. The lowest BCUT2D eigenvalue weighted by atomic mass is 9.90. The van der Waals surface area contributed by atoms with Crippen LogP contribution in [0.4, 0.5) is 4.39 Å². The van der Waals surface area contributed by atoms with Crippen molar-refractivity contribution in [3.63, 3.8) is 0 Å². The Bertz CT molecular complexity index is 1370. The van der Waals surface area contributed by atoms with Crippen LogP contribution in [0.5, 0.6) is 0 Å². The average Bonchev–Trinajstić information content (AvgIpc) is 3.35. The number of halogens is 1. The third-order valence-electron chi connectivity index (χ3n) is 8.65. The van der Waals surface area contributed by atoms with Crippen LogP contribution in [0.1, 0.15) is 87.0 Å². The van der Waals surface area contributed by atoms with E-state index >= 15 is 0 Å². The Hall–Kier alpha value is -3.07. The van der Waals surface area contributed by atoms with Gasteiger partial charge in [0.2, 0.25) is 6.73 Å². The lowest BCUT2D eigenvalue weighted by molar-refractivity contribution is -0.948. The number of aryl methyl sites for hydroxylation is 2. The summed E-state index contributed by atoms with van der Waals surface area (Å²) < 4.78 is 27.4. The number of fused-ring (bicyclic) bond motifs is 2. The van der Waals surface area contributed by atoms with Crippen LogP contribution in [0.2, 0.25) is 0 Å². The number of quaternary nitrogens is 1. The Morgan fingerprint density at radius 1 is 1.23 bits per heavy atom. The van der Waals surface area contributed by atoms with Gasteiger partial charge in [-0.1, -0.05) is 24.9 Å². The van der Waals surface area contributed by atoms with Crippen LogP contribution in [0.15, 0.2) is 27.5 Å². The smallest absolute Gasteiger partial charge is 0.310 e. The fraction of sp³-hybridized carbons (Fsp3) is 0.600. The quantitative estimate of drug-likeness (QED) is 0.200. The number of unbranched alkanes of at least 4 members (excludes halogenated alkanes) is 2. The highest BCUT2D eigenvalue weighted by molar-refractivity contribution is 5.79. The molecule has 0 N–H and O–H groups in total. The SMILES string of the molecule is CCCCCC(=O)OC[N+]1(CCc2c(C)nc3n(c2=O)CCCC3)CCC(c2noc3cc(F)ccc23)CC1. The summed E-state index contributed by atoms with van der Waals surface area (Å²) in [5.41, 5.74) is 3.02. The summed E-state index contributed by atoms with van der Waals surface area (Å²) >= 11 is 0. The molecular weight excluding hydrogens is 499 g/mol. The van der Waals surface area contributed by atoms with E-state index in [1.807, 2.05) is 11.5 Å². The number of hydrogen-bond acceptors (Lipinski definition) is 6. The number of aromatic nitrogens is 3. The highest BCUT2D eigenvalue weighted by atomic mass is 19.1. The molecule has 1 saturated heterocycles. The van der Waals surface area contributed by atoms with Gasteiger partial charge in [-0.2, -0.15) is 0 Å². The van der Waals surface area contributed by atoms with E-state index < -0.39 is 0 Å². The number of ether oxygens (including phenoxy) is 1. The summed E-state index contributed by atoms with van der Waals surface area (Å²) in [6.45, 7) is 7.39. The minimum Gasteiger partial charge on any atom is -0.415 e. The molecule has 39 heavy (non-hydrogen) atoms. The molecule has 0 saturated carbocycles. The number of carbonyl (C=O) groups excluding carboxylic acids is 1. The van der Waals surface area contributed by atoms with Gasteiger partial charge in [-0.25, -0.2) is 9.37 Å². The fourth-order valence-corrected chi connectivity index (χ4v) is 6.20. The molecule has 0 aliphatic carbocycles. The highest BCUT2D eigenvalue weighted by Crippen LogP contribution is 2.35. The van der Waals surface area contributed by atoms with E-state index in [9.17, 15) is 14.0 Å². The fourth-order valence-electron chi connectivity index (χ4n) is 6.20. The van der Waals surface area contributed by atoms with E-state index in [0.29, 0.717) is 36.2 Å². The summed E-state index contributed by atoms with van der Waals surface area (Å²) in [7, 11) is 0. The van der Waals surface area contributed by atoms with Crippen molar-refractivity contribution in [3.05, 3.63) is 57.1 Å². The Balaban J connectivity index is 1.32. The third kappa shape index (κ3) is 6.08. The molecule has 5 rings (SSSR count). The molecule has 0 amide bonds. The zero-order valence-corrected chi connectivity index (χ0v) is 23.2. The first kappa shape index (κ1) is 27.5. The number of hydrogen-bond donors (Lipinski definition) is 0. The van der Waals surface area contributed by atoms with Crippen molar-refractivity contribution in [2.24, 2.45) is 0 Å². The van der Waals surface area contributed by atoms with Gasteiger partial charge in [0, 0.05) is 67.3 Å². The molecule has 2 aliphatic heterocycles. The van der Waals surface area contributed by atoms with Gasteiger partial charge in [-0.3, -0.25) is 18.6 Å². The molecule has 0 radical (unpaired) electrons. The first-order valence-electron chi connectivity index (χ1n) is 14.5. The van der Waals surface area contributed by atoms with Gasteiger partial charge >= 0.3 is 5.97 Å². The van der Waals surface area contributed by atoms with Crippen LogP contribution in [0, 0.1) is 12.7 Å². The van der Waals surface area contributed by atoms with Crippen molar-refractivity contribution in [1.82, 2.24) is 14.7 Å². The first-order chi connectivity index (χ1) is 18.9. The zero-order chi connectivity index (χ0) is 27.4. The Morgan fingerprint density at radius 2 is 2.05 bits per heavy atom. The summed E-state index contributed by atoms with van der Waals surface area (Å²) in [6.07, 6.45) is 8.57. The van der Waals surface area contributed by atoms with Crippen LogP contribution in [-0.2, 0) is 28.9 Å². The van der Waals surface area contributed by atoms with E-state index in [0.717, 1.165) is 99.2 Å². The highest BCUT2D eigenvalue weighted by Gasteiger charge is 2.37. The molecule has 2 aliphatic rings. The lowest BCUT2D eigenvalue weighted by Gasteiger charge is -2.42. The largest absolute Gasteiger partial charge is 0.415 e. The van der Waals surface area contributed by atoms with Crippen molar-refractivity contribution in [2.75, 3.05) is 26.4 Å². The number of piperidine rings is 1. The molecule has 3 aromatic rings. The Morgan fingerprint density at radius 3 is 2.85 bits per heavy atom. The summed E-state index contributed by atoms with van der Waals surface area (Å²) in [5.74, 6) is 0.589. The second-order valence-corrected chi connectivity index (χ2v) is 11.4. The standard InChI is InChI=1S/C30H40FN4O4/c1-3-4-5-9-28(36)38-20-35(18-14-24-21(2)32-27-8-6-7-15-34(27)30(24)37)16-12-22(13-17-35)29-25-11-10-23(31)19-26(25)39-33-29/h10-11,19,22H,3-9,12-18,20H2,1-2H3/q+1. The number of nitrogens with zero attached hydrogens (tertiary/aromatic N) is 4. The van der Waals surface area contributed by atoms with Crippen molar-refractivity contribution in [1.29, 1.82) is 0 Å². The van der Waals surface area contributed by atoms with Gasteiger partial charge in [0.15, 0.2) is 5.58 Å². The van der Waals surface area contributed by atoms with Gasteiger partial charge in [0.25, 0.3) is 5.56 Å². The topological polar surface area (TPSA) is 87.2 Å². The molecule has 0 atom stereocenters. The summed E-state index contributed by atoms with van der Waals surface area (Å²) in [4.78, 5) is 30.7. The molecule has 9 heteroatoms. The maximum atomic E-state index is 13.7. The monoisotopic (exact) mass is 539 g/mol. The summed E-state index contributed by atoms with van der Waals surface area (Å²) in [6, 6.07) is 4.56. The third-order valence-corrected chi connectivity index (χ3v) is 8.65. The van der Waals surface area contributed by atoms with E-state index in [4.69, 9.17) is 14.2 Å². The van der Waals surface area contributed by atoms with Crippen LogP contribution in [-0.4, -0.2) is 51.5 Å². The van der Waals surface area contributed by atoms with E-state index in [2.05, 4.69) is 12.1 Å². The number of carbonyl (C=O) groups is 1. The molecule has 0 unspecified atom stereocenters. The van der Waals surface area contributed by atoms with Gasteiger partial charge in [0.05, 0.1) is 25.3 Å². The van der Waals surface area contributed by atoms with Crippen molar-refractivity contribution < 1.29 is 22.9 Å². The number of rotatable bonds is 10. The molecule has 210 valence electrons. The van der Waals surface area contributed by atoms with E-state index in [1.54, 1.807) is 6.07 Å². The van der Waals surface area contributed by atoms with Crippen LogP contribution < -0.4 is 5.56 Å². The van der Waals surface area contributed by atoms with Gasteiger partial charge in [-0.05, 0) is 38.3 Å². The van der Waals surface area contributed by atoms with Gasteiger partial charge < -0.3 is 9.26 Å². The molecule has 4 heterocycles. The molecule has 2 aromatic heterocycles. The van der Waals surface area contributed by atoms with Crippen molar-refractivity contribution >= 4 is 16.9 Å². The maximum absolute atomic E-state index is 13.7. The maximum Gasteiger partial charge on any atom is 0.310 e. The minimum absolute atomic E-state index is 0.0862. The summed E-state index contributed by atoms with van der Waals surface area (Å²) in [5, 5.41) is 5.15. The normalized spacial score (nSPS) is 21.2. The van der Waals surface area contributed by atoms with Crippen LogP contribution in [0.25, 0.3) is 11.0 Å². The van der Waals surface area contributed by atoms with Crippen LogP contribution in [0.3, 0.4) is 0 Å². The van der Waals surface area contributed by atoms with Crippen molar-refractivity contribution in [3.8, 4) is 0 Å². The molecule has 1 fully saturated rings. The predicted molar refractivity (Wildman–Crippen MR) is 146 cm³/mol. The predicted octanol–water partition coefficient (Wildman–Crippen LogP) is 5.19. The molecule has 8 nitrogen and oxygen atoms in total. The van der Waals surface area contributed by atoms with Crippen molar-refractivity contribution in [2.45, 2.75) is 90.5 Å². The Kier molecular flexibility index (Phi) is 8.45. The van der Waals surface area contributed by atoms with Gasteiger partial charge in [0.1, 0.15) is 11.6 Å². The number of benzene rings is 1. The first-order valence-corrected chi connectivity index (χ1v) is 14.5. The molecule has 0 spiro atoms. The van der Waals surface area contributed by atoms with E-state index in [1.165, 1.54) is 12.1 Å². The van der Waals surface area contributed by atoms with Crippen LogP contribution >= 0.6 is 0 Å². The lowest BCUT2D eigenvalue weighted by Crippen LogP contribution is -2.55. The van der Waals surface area contributed by atoms with E-state index in [-0.39, 0.29) is 23.3 Å².